The number of halogens is 1. The molecule has 200 valence electrons. The van der Waals surface area contributed by atoms with Crippen molar-refractivity contribution in [1.29, 1.82) is 0 Å². The highest BCUT2D eigenvalue weighted by Crippen LogP contribution is 2.64. The Hall–Kier alpha value is -2.68. The second-order valence-corrected chi connectivity index (χ2v) is 10.7. The zero-order valence-electron chi connectivity index (χ0n) is 21.6. The third kappa shape index (κ3) is 4.10. The average molecular weight is 531 g/mol. The van der Waals surface area contributed by atoms with Gasteiger partial charge in [0.15, 0.2) is 0 Å². The Balaban J connectivity index is 1.86. The van der Waals surface area contributed by atoms with Crippen LogP contribution in [0.4, 0.5) is 5.69 Å². The SMILES string of the molecule is C=CCOC(=O)[C@@H]1[C@H]2C(=O)N([C@@H](CC)CO)C(C(=O)N(CC=C)c3c(C)cccc3Cl)C23CC[C@@]1(C)O3. The van der Waals surface area contributed by atoms with Crippen LogP contribution in [0.5, 0.6) is 0 Å². The lowest BCUT2D eigenvalue weighted by Crippen LogP contribution is -2.59. The number of aliphatic hydroxyl groups excluding tert-OH is 1. The number of ether oxygens (including phenoxy) is 2. The lowest BCUT2D eigenvalue weighted by atomic mass is 9.66. The van der Waals surface area contributed by atoms with Crippen LogP contribution in [0.1, 0.15) is 38.7 Å². The second kappa shape index (κ2) is 10.2. The van der Waals surface area contributed by atoms with Crippen LogP contribution in [0.25, 0.3) is 0 Å². The van der Waals surface area contributed by atoms with Crippen LogP contribution in [0, 0.1) is 18.8 Å². The Morgan fingerprint density at radius 2 is 2.08 bits per heavy atom. The van der Waals surface area contributed by atoms with E-state index in [1.54, 1.807) is 18.2 Å². The van der Waals surface area contributed by atoms with Crippen molar-refractivity contribution >= 4 is 35.1 Å². The maximum Gasteiger partial charge on any atom is 0.313 e. The number of fused-ring (bicyclic) bond motifs is 1. The minimum absolute atomic E-state index is 0.0124. The van der Waals surface area contributed by atoms with Crippen molar-refractivity contribution in [3.63, 3.8) is 0 Å². The molecule has 0 radical (unpaired) electrons. The van der Waals surface area contributed by atoms with Crippen molar-refractivity contribution in [1.82, 2.24) is 4.90 Å². The predicted molar refractivity (Wildman–Crippen MR) is 140 cm³/mol. The smallest absolute Gasteiger partial charge is 0.313 e. The van der Waals surface area contributed by atoms with Crippen LogP contribution >= 0.6 is 11.6 Å². The molecule has 2 amide bonds. The molecule has 1 spiro atoms. The number of anilines is 1. The predicted octanol–water partition coefficient (Wildman–Crippen LogP) is 3.43. The van der Waals surface area contributed by atoms with E-state index in [0.717, 1.165) is 5.56 Å². The van der Waals surface area contributed by atoms with Crippen LogP contribution in [0.15, 0.2) is 43.5 Å². The molecule has 2 bridgehead atoms. The van der Waals surface area contributed by atoms with Crippen LogP contribution in [-0.4, -0.2) is 70.8 Å². The number of carbonyl (C=O) groups is 3. The monoisotopic (exact) mass is 530 g/mol. The summed E-state index contributed by atoms with van der Waals surface area (Å²) in [5.74, 6) is -3.09. The first kappa shape index (κ1) is 27.4. The molecule has 3 aliphatic rings. The molecule has 2 unspecified atom stereocenters. The van der Waals surface area contributed by atoms with Crippen molar-refractivity contribution in [2.24, 2.45) is 11.8 Å². The minimum atomic E-state index is -1.24. The zero-order chi connectivity index (χ0) is 27.1. The number of hydrogen-bond acceptors (Lipinski definition) is 6. The molecular weight excluding hydrogens is 496 g/mol. The van der Waals surface area contributed by atoms with Gasteiger partial charge in [-0.3, -0.25) is 14.4 Å². The lowest BCUT2D eigenvalue weighted by Gasteiger charge is -2.39. The van der Waals surface area contributed by atoms with E-state index in [-0.39, 0.29) is 31.6 Å². The molecule has 0 aliphatic carbocycles. The van der Waals surface area contributed by atoms with E-state index >= 15 is 0 Å². The Kier molecular flexibility index (Phi) is 7.57. The van der Waals surface area contributed by atoms with Gasteiger partial charge in [-0.1, -0.05) is 49.4 Å². The summed E-state index contributed by atoms with van der Waals surface area (Å²) in [7, 11) is 0. The van der Waals surface area contributed by atoms with Crippen LogP contribution in [-0.2, 0) is 23.9 Å². The Morgan fingerprint density at radius 1 is 1.35 bits per heavy atom. The molecule has 1 aromatic carbocycles. The van der Waals surface area contributed by atoms with Gasteiger partial charge in [-0.25, -0.2) is 0 Å². The van der Waals surface area contributed by atoms with E-state index in [9.17, 15) is 19.5 Å². The molecule has 0 aromatic heterocycles. The number of rotatable bonds is 10. The van der Waals surface area contributed by atoms with Gasteiger partial charge in [0.2, 0.25) is 5.91 Å². The van der Waals surface area contributed by atoms with Crippen molar-refractivity contribution in [3.05, 3.63) is 54.1 Å². The highest BCUT2D eigenvalue weighted by molar-refractivity contribution is 6.34. The Bertz CT molecular complexity index is 1100. The highest BCUT2D eigenvalue weighted by Gasteiger charge is 2.79. The molecule has 8 nitrogen and oxygen atoms in total. The van der Waals surface area contributed by atoms with Gasteiger partial charge in [0.1, 0.15) is 24.2 Å². The molecule has 37 heavy (non-hydrogen) atoms. The summed E-state index contributed by atoms with van der Waals surface area (Å²) in [6.07, 6.45) is 4.40. The topological polar surface area (TPSA) is 96.4 Å². The number of carbonyl (C=O) groups excluding carboxylic acids is 3. The summed E-state index contributed by atoms with van der Waals surface area (Å²) in [6.45, 7) is 12.8. The molecule has 3 heterocycles. The fourth-order valence-corrected chi connectivity index (χ4v) is 6.90. The maximum absolute atomic E-state index is 14.5. The van der Waals surface area contributed by atoms with Crippen molar-refractivity contribution in [3.8, 4) is 0 Å². The van der Waals surface area contributed by atoms with E-state index in [2.05, 4.69) is 13.2 Å². The normalized spacial score (nSPS) is 30.7. The molecule has 6 atom stereocenters. The standard InChI is InChI=1S/C28H35ClN2O6/c1-6-14-30(22-17(4)10-9-11-19(22)29)25(34)23-28-13-12-27(5,37-28)21(26(35)36-15-7-2)20(28)24(33)31(23)18(8-3)16-32/h6-7,9-11,18,20-21,23,32H,1-2,8,12-16H2,3-5H3/t18-,20-,21-,23?,27+,28?/m0/s1. The molecule has 9 heteroatoms. The van der Waals surface area contributed by atoms with E-state index in [1.807, 2.05) is 26.8 Å². The quantitative estimate of drug-likeness (QED) is 0.368. The van der Waals surface area contributed by atoms with Crippen LogP contribution in [0.3, 0.4) is 0 Å². The largest absolute Gasteiger partial charge is 0.461 e. The Morgan fingerprint density at radius 3 is 2.68 bits per heavy atom. The summed E-state index contributed by atoms with van der Waals surface area (Å²) in [4.78, 5) is 44.9. The molecule has 3 aliphatic heterocycles. The molecule has 0 saturated carbocycles. The van der Waals surface area contributed by atoms with Gasteiger partial charge in [0, 0.05) is 6.54 Å². The Labute approximate surface area is 222 Å². The molecule has 3 saturated heterocycles. The number of nitrogens with zero attached hydrogens (tertiary/aromatic N) is 2. The van der Waals surface area contributed by atoms with Gasteiger partial charge in [0.25, 0.3) is 5.91 Å². The summed E-state index contributed by atoms with van der Waals surface area (Å²) in [6, 6.07) is 3.68. The highest BCUT2D eigenvalue weighted by atomic mass is 35.5. The first-order valence-electron chi connectivity index (χ1n) is 12.7. The fourth-order valence-electron chi connectivity index (χ4n) is 6.57. The molecule has 1 N–H and O–H groups in total. The molecular formula is C28H35ClN2O6. The number of likely N-dealkylation sites (tertiary alicyclic amines) is 1. The van der Waals surface area contributed by atoms with Gasteiger partial charge in [0.05, 0.1) is 34.9 Å². The number of hydrogen-bond donors (Lipinski definition) is 1. The summed E-state index contributed by atoms with van der Waals surface area (Å²) >= 11 is 6.57. The van der Waals surface area contributed by atoms with Gasteiger partial charge in [-0.15, -0.1) is 6.58 Å². The fraction of sp³-hybridized carbons (Fsp3) is 0.536. The lowest BCUT2D eigenvalue weighted by molar-refractivity contribution is -0.159. The second-order valence-electron chi connectivity index (χ2n) is 10.3. The van der Waals surface area contributed by atoms with Gasteiger partial charge >= 0.3 is 5.97 Å². The molecule has 1 aromatic rings. The van der Waals surface area contributed by atoms with Gasteiger partial charge < -0.3 is 24.4 Å². The summed E-state index contributed by atoms with van der Waals surface area (Å²) < 4.78 is 12.0. The maximum atomic E-state index is 14.5. The average Bonchev–Trinajstić information content (AvgIpc) is 3.43. The van der Waals surface area contributed by atoms with E-state index in [1.165, 1.54) is 15.9 Å². The number of aliphatic hydroxyl groups is 1. The van der Waals surface area contributed by atoms with Crippen LogP contribution < -0.4 is 4.90 Å². The number of para-hydroxylation sites is 1. The van der Waals surface area contributed by atoms with Gasteiger partial charge in [-0.2, -0.15) is 0 Å². The molecule has 4 rings (SSSR count). The molecule has 3 fully saturated rings. The van der Waals surface area contributed by atoms with Crippen molar-refractivity contribution in [2.75, 3.05) is 24.7 Å². The minimum Gasteiger partial charge on any atom is -0.461 e. The van der Waals surface area contributed by atoms with Gasteiger partial charge in [-0.05, 0) is 44.7 Å². The van der Waals surface area contributed by atoms with E-state index < -0.39 is 41.1 Å². The number of benzene rings is 1. The van der Waals surface area contributed by atoms with Crippen molar-refractivity contribution in [2.45, 2.75) is 63.3 Å². The van der Waals surface area contributed by atoms with Crippen LogP contribution in [0.2, 0.25) is 5.02 Å². The first-order chi connectivity index (χ1) is 17.6. The van der Waals surface area contributed by atoms with E-state index in [4.69, 9.17) is 21.1 Å². The number of aryl methyl sites for hydroxylation is 1. The number of esters is 1. The number of amides is 2. The zero-order valence-corrected chi connectivity index (χ0v) is 22.4. The third-order valence-electron chi connectivity index (χ3n) is 8.16. The summed E-state index contributed by atoms with van der Waals surface area (Å²) in [5.41, 5.74) is -0.874. The first-order valence-corrected chi connectivity index (χ1v) is 13.1. The summed E-state index contributed by atoms with van der Waals surface area (Å²) in [5, 5.41) is 10.6. The van der Waals surface area contributed by atoms with E-state index in [0.29, 0.717) is 30.0 Å². The third-order valence-corrected chi connectivity index (χ3v) is 8.46. The van der Waals surface area contributed by atoms with Crippen molar-refractivity contribution < 1.29 is 29.0 Å².